The molecule has 2 aromatic carbocycles. The molecule has 0 amide bonds. The van der Waals surface area contributed by atoms with Gasteiger partial charge in [-0.1, -0.05) is 54.7 Å². The second-order valence-corrected chi connectivity index (χ2v) is 4.28. The van der Waals surface area contributed by atoms with Crippen LogP contribution >= 0.6 is 24.4 Å². The smallest absolute Gasteiger partial charge is 0.0455 e. The highest BCUT2D eigenvalue weighted by atomic mass is 35.5. The molecule has 0 heterocycles. The van der Waals surface area contributed by atoms with Gasteiger partial charge in [0.2, 0.25) is 0 Å². The quantitative estimate of drug-likeness (QED) is 0.778. The monoisotopic (exact) mass is 249 g/mol. The van der Waals surface area contributed by atoms with Crippen LogP contribution in [0.15, 0.2) is 48.5 Å². The molecule has 0 radical (unpaired) electrons. The van der Waals surface area contributed by atoms with Gasteiger partial charge in [-0.2, -0.15) is 0 Å². The second-order valence-electron chi connectivity index (χ2n) is 3.62. The van der Waals surface area contributed by atoms with Gasteiger partial charge in [0, 0.05) is 10.7 Å². The number of halogens is 1. The average molecular weight is 250 g/mol. The van der Waals surface area contributed by atoms with E-state index in [1.54, 1.807) is 0 Å². The number of anilines is 1. The molecule has 0 aliphatic rings. The normalized spacial score (nSPS) is 10.1. The Morgan fingerprint density at radius 2 is 1.75 bits per heavy atom. The molecule has 0 aromatic heterocycles. The number of nitrogens with one attached hydrogen (secondary N) is 1. The van der Waals surface area contributed by atoms with Crippen LogP contribution in [-0.4, -0.2) is 0 Å². The third-order valence-electron chi connectivity index (χ3n) is 2.34. The Bertz CT molecular complexity index is 471. The lowest BCUT2D eigenvalue weighted by Crippen LogP contribution is -1.90. The summed E-state index contributed by atoms with van der Waals surface area (Å²) in [6, 6.07) is 16.2. The fourth-order valence-corrected chi connectivity index (χ4v) is 2.04. The second kappa shape index (κ2) is 5.28. The van der Waals surface area contributed by atoms with Crippen molar-refractivity contribution in [3.63, 3.8) is 0 Å². The third kappa shape index (κ3) is 2.94. The highest BCUT2D eigenvalue weighted by molar-refractivity contribution is 7.81. The van der Waals surface area contributed by atoms with E-state index in [-0.39, 0.29) is 0 Å². The summed E-state index contributed by atoms with van der Waals surface area (Å²) in [5, 5.41) is 0.727. The molecule has 3 heteroatoms. The van der Waals surface area contributed by atoms with Crippen molar-refractivity contribution in [3.05, 3.63) is 64.7 Å². The van der Waals surface area contributed by atoms with Crippen LogP contribution in [0.5, 0.6) is 0 Å². The van der Waals surface area contributed by atoms with Crippen LogP contribution in [0.25, 0.3) is 0 Å². The number of rotatable bonds is 3. The Hall–Kier alpha value is -1.12. The Morgan fingerprint density at radius 1 is 1.00 bits per heavy atom. The molecule has 82 valence electrons. The molecule has 0 saturated heterocycles. The van der Waals surface area contributed by atoms with E-state index in [4.69, 9.17) is 11.6 Å². The summed E-state index contributed by atoms with van der Waals surface area (Å²) >= 11 is 10.0. The maximum absolute atomic E-state index is 6.02. The molecule has 1 nitrogen and oxygen atoms in total. The molecule has 0 fully saturated rings. The number of hydrogen-bond acceptors (Lipinski definition) is 2. The van der Waals surface area contributed by atoms with Gasteiger partial charge in [-0.05, 0) is 35.7 Å². The van der Waals surface area contributed by atoms with E-state index < -0.39 is 0 Å². The summed E-state index contributed by atoms with van der Waals surface area (Å²) in [6.45, 7) is 0. The van der Waals surface area contributed by atoms with Crippen LogP contribution in [0.2, 0.25) is 5.02 Å². The Morgan fingerprint density at radius 3 is 2.44 bits per heavy atom. The Balaban J connectivity index is 2.24. The van der Waals surface area contributed by atoms with Gasteiger partial charge >= 0.3 is 0 Å². The molecule has 0 saturated carbocycles. The molecule has 2 aromatic rings. The van der Waals surface area contributed by atoms with Gasteiger partial charge in [0.05, 0.1) is 0 Å². The first-order valence-electron chi connectivity index (χ1n) is 5.01. The standard InChI is InChI=1S/C13H12ClNS/c14-12-7-11(8-13(9-12)15-16)6-10-4-2-1-3-5-10/h1-5,7-9,15-16H,6H2. The first-order chi connectivity index (χ1) is 7.78. The van der Waals surface area contributed by atoms with Gasteiger partial charge in [0.25, 0.3) is 0 Å². The van der Waals surface area contributed by atoms with Crippen LogP contribution in [0.3, 0.4) is 0 Å². The first-order valence-corrected chi connectivity index (χ1v) is 5.84. The van der Waals surface area contributed by atoms with Crippen molar-refractivity contribution in [2.24, 2.45) is 0 Å². The maximum Gasteiger partial charge on any atom is 0.0455 e. The van der Waals surface area contributed by atoms with Crippen LogP contribution < -0.4 is 4.72 Å². The molecule has 0 unspecified atom stereocenters. The minimum atomic E-state index is 0.727. The van der Waals surface area contributed by atoms with Crippen molar-refractivity contribution in [1.29, 1.82) is 0 Å². The van der Waals surface area contributed by atoms with Crippen LogP contribution in [0.1, 0.15) is 11.1 Å². The van der Waals surface area contributed by atoms with Gasteiger partial charge < -0.3 is 4.72 Å². The summed E-state index contributed by atoms with van der Waals surface area (Å²) in [5.41, 5.74) is 3.37. The van der Waals surface area contributed by atoms with Gasteiger partial charge in [-0.15, -0.1) is 0 Å². The van der Waals surface area contributed by atoms with Gasteiger partial charge in [-0.25, -0.2) is 0 Å². The van der Waals surface area contributed by atoms with Crippen molar-refractivity contribution in [2.45, 2.75) is 6.42 Å². The lowest BCUT2D eigenvalue weighted by molar-refractivity contribution is 1.19. The van der Waals surface area contributed by atoms with E-state index >= 15 is 0 Å². The summed E-state index contributed by atoms with van der Waals surface area (Å²) in [7, 11) is 0. The molecule has 0 spiro atoms. The fourth-order valence-electron chi connectivity index (χ4n) is 1.65. The Kier molecular flexibility index (Phi) is 3.75. The molecular weight excluding hydrogens is 238 g/mol. The van der Waals surface area contributed by atoms with Crippen LogP contribution in [-0.2, 0) is 6.42 Å². The minimum absolute atomic E-state index is 0.727. The van der Waals surface area contributed by atoms with Crippen molar-refractivity contribution in [2.75, 3.05) is 4.72 Å². The summed E-state index contributed by atoms with van der Waals surface area (Å²) in [4.78, 5) is 0. The van der Waals surface area contributed by atoms with E-state index in [2.05, 4.69) is 29.7 Å². The topological polar surface area (TPSA) is 12.0 Å². The van der Waals surface area contributed by atoms with E-state index in [0.717, 1.165) is 17.1 Å². The highest BCUT2D eigenvalue weighted by Crippen LogP contribution is 2.21. The van der Waals surface area contributed by atoms with Crippen LogP contribution in [0, 0.1) is 0 Å². The lowest BCUT2D eigenvalue weighted by Gasteiger charge is -2.06. The Labute approximate surface area is 106 Å². The average Bonchev–Trinajstić information content (AvgIpc) is 2.29. The third-order valence-corrected chi connectivity index (χ3v) is 2.81. The van der Waals surface area contributed by atoms with Gasteiger partial charge in [-0.3, -0.25) is 0 Å². The molecule has 0 atom stereocenters. The minimum Gasteiger partial charge on any atom is -0.332 e. The fraction of sp³-hybridized carbons (Fsp3) is 0.0769. The lowest BCUT2D eigenvalue weighted by atomic mass is 10.0. The molecular formula is C13H12ClNS. The molecule has 0 aliphatic carbocycles. The highest BCUT2D eigenvalue weighted by Gasteiger charge is 2.00. The van der Waals surface area contributed by atoms with E-state index in [1.165, 1.54) is 11.1 Å². The van der Waals surface area contributed by atoms with E-state index in [1.807, 2.05) is 36.4 Å². The summed E-state index contributed by atoms with van der Waals surface area (Å²) in [6.07, 6.45) is 0.879. The molecule has 0 aliphatic heterocycles. The molecule has 16 heavy (non-hydrogen) atoms. The number of hydrogen-bond donors (Lipinski definition) is 2. The largest absolute Gasteiger partial charge is 0.332 e. The van der Waals surface area contributed by atoms with Crippen LogP contribution in [0.4, 0.5) is 5.69 Å². The van der Waals surface area contributed by atoms with E-state index in [0.29, 0.717) is 0 Å². The zero-order valence-electron chi connectivity index (χ0n) is 8.65. The van der Waals surface area contributed by atoms with Gasteiger partial charge in [0.15, 0.2) is 0 Å². The van der Waals surface area contributed by atoms with Gasteiger partial charge in [0.1, 0.15) is 0 Å². The zero-order valence-corrected chi connectivity index (χ0v) is 10.3. The number of thiol groups is 1. The van der Waals surface area contributed by atoms with E-state index in [9.17, 15) is 0 Å². The zero-order chi connectivity index (χ0) is 11.4. The molecule has 0 bridgehead atoms. The van der Waals surface area contributed by atoms with Crippen molar-refractivity contribution in [3.8, 4) is 0 Å². The van der Waals surface area contributed by atoms with Crippen molar-refractivity contribution in [1.82, 2.24) is 0 Å². The summed E-state index contributed by atoms with van der Waals surface area (Å²) < 4.78 is 2.80. The van der Waals surface area contributed by atoms with Crippen molar-refractivity contribution >= 4 is 30.1 Å². The molecule has 2 rings (SSSR count). The summed E-state index contributed by atoms with van der Waals surface area (Å²) in [5.74, 6) is 0. The maximum atomic E-state index is 6.02. The SMILES string of the molecule is SNc1cc(Cl)cc(Cc2ccccc2)c1. The predicted molar refractivity (Wildman–Crippen MR) is 73.3 cm³/mol. The predicted octanol–water partition coefficient (Wildman–Crippen LogP) is 4.19. The number of benzene rings is 2. The molecule has 1 N–H and O–H groups in total. The first kappa shape index (κ1) is 11.4. The van der Waals surface area contributed by atoms with Crippen molar-refractivity contribution < 1.29 is 0 Å².